The van der Waals surface area contributed by atoms with Gasteiger partial charge < -0.3 is 20.6 Å². The van der Waals surface area contributed by atoms with Gasteiger partial charge in [0.05, 0.1) is 11.4 Å². The van der Waals surface area contributed by atoms with Gasteiger partial charge in [-0.25, -0.2) is 13.8 Å². The minimum atomic E-state index is -1.91. The number of carbonyl (C=O) groups is 3. The van der Waals surface area contributed by atoms with E-state index >= 15 is 0 Å². The second-order valence-electron chi connectivity index (χ2n) is 8.50. The van der Waals surface area contributed by atoms with Crippen molar-refractivity contribution >= 4 is 29.1 Å². The van der Waals surface area contributed by atoms with Gasteiger partial charge in [-0.2, -0.15) is 0 Å². The summed E-state index contributed by atoms with van der Waals surface area (Å²) in [6.45, 7) is 1.34. The fourth-order valence-electron chi connectivity index (χ4n) is 3.94. The van der Waals surface area contributed by atoms with Crippen LogP contribution in [0.4, 0.5) is 14.5 Å². The van der Waals surface area contributed by atoms with E-state index in [4.69, 9.17) is 0 Å². The van der Waals surface area contributed by atoms with Crippen LogP contribution in [0.2, 0.25) is 0 Å². The first kappa shape index (κ1) is 25.6. The highest BCUT2D eigenvalue weighted by atomic mass is 19.1. The maximum Gasteiger partial charge on any atom is 0.272 e. The second kappa shape index (κ2) is 10.7. The summed E-state index contributed by atoms with van der Waals surface area (Å²) in [6, 6.07) is 17.4. The van der Waals surface area contributed by atoms with Gasteiger partial charge in [0.25, 0.3) is 11.8 Å². The van der Waals surface area contributed by atoms with Crippen LogP contribution in [0, 0.1) is 11.6 Å². The van der Waals surface area contributed by atoms with Crippen LogP contribution in [-0.2, 0) is 14.4 Å². The number of rotatable bonds is 6. The summed E-state index contributed by atoms with van der Waals surface area (Å²) in [5, 5.41) is 15.0. The quantitative estimate of drug-likeness (QED) is 0.477. The van der Waals surface area contributed by atoms with Crippen LogP contribution in [0.5, 0.6) is 0 Å². The fraction of sp³-hybridized carbons (Fsp3) is 0.185. The number of amides is 3. The molecule has 0 spiro atoms. The van der Waals surface area contributed by atoms with E-state index in [1.165, 1.54) is 11.8 Å². The van der Waals surface area contributed by atoms with Crippen LogP contribution in [0.1, 0.15) is 29.7 Å². The molecule has 0 aliphatic carbocycles. The summed E-state index contributed by atoms with van der Waals surface area (Å²) in [7, 11) is 1.57. The van der Waals surface area contributed by atoms with E-state index in [1.807, 2.05) is 42.5 Å². The molecule has 4 rings (SSSR count). The number of benzene rings is 3. The molecule has 1 unspecified atom stereocenters. The Hall–Kier alpha value is -4.44. The zero-order valence-electron chi connectivity index (χ0n) is 20.0. The number of carbonyl (C=O) groups excluding carboxylic acids is 3. The fourth-order valence-corrected chi connectivity index (χ4v) is 3.94. The molecule has 3 N–H and O–H groups in total. The predicted molar refractivity (Wildman–Crippen MR) is 133 cm³/mol. The summed E-state index contributed by atoms with van der Waals surface area (Å²) in [5.74, 6) is -4.22. The molecule has 0 radical (unpaired) electrons. The highest BCUT2D eigenvalue weighted by Gasteiger charge is 2.32. The third-order valence-electron chi connectivity index (χ3n) is 5.87. The minimum absolute atomic E-state index is 0.307. The van der Waals surface area contributed by atoms with Gasteiger partial charge in [0.2, 0.25) is 12.1 Å². The van der Waals surface area contributed by atoms with Gasteiger partial charge in [0.1, 0.15) is 17.7 Å². The molecule has 3 atom stereocenters. The number of nitrogens with one attached hydrogen (secondary N) is 2. The molecule has 0 aromatic heterocycles. The van der Waals surface area contributed by atoms with Crippen LogP contribution in [0.3, 0.4) is 0 Å². The molecule has 3 aromatic carbocycles. The number of hydrogen-bond donors (Lipinski definition) is 3. The zero-order chi connectivity index (χ0) is 26.7. The van der Waals surface area contributed by atoms with Crippen molar-refractivity contribution in [1.29, 1.82) is 0 Å². The Kier molecular flexibility index (Phi) is 7.40. The van der Waals surface area contributed by atoms with E-state index in [1.54, 1.807) is 19.2 Å². The SMILES string of the molecule is C[C@H](NC(=O)C(O)c1cc(F)cc(F)c1)C(=O)N[C@H]1N=C(c2ccccc2)c2ccccc2N(C)C1=O. The van der Waals surface area contributed by atoms with Crippen molar-refractivity contribution in [2.75, 3.05) is 11.9 Å². The molecule has 0 bridgehead atoms. The van der Waals surface area contributed by atoms with Crippen LogP contribution >= 0.6 is 0 Å². The summed E-state index contributed by atoms with van der Waals surface area (Å²) in [5.41, 5.74) is 2.24. The monoisotopic (exact) mass is 506 g/mol. The number of aliphatic hydroxyl groups excluding tert-OH is 1. The molecular formula is C27H24F2N4O4. The second-order valence-corrected chi connectivity index (χ2v) is 8.50. The van der Waals surface area contributed by atoms with Crippen LogP contribution in [0.15, 0.2) is 77.8 Å². The van der Waals surface area contributed by atoms with Gasteiger partial charge in [-0.15, -0.1) is 0 Å². The molecule has 37 heavy (non-hydrogen) atoms. The average Bonchev–Trinajstić information content (AvgIpc) is 2.98. The number of benzodiazepines with no additional fused rings is 1. The number of fused-ring (bicyclic) bond motifs is 1. The lowest BCUT2D eigenvalue weighted by Gasteiger charge is -2.22. The van der Waals surface area contributed by atoms with Gasteiger partial charge in [0, 0.05) is 24.2 Å². The zero-order valence-corrected chi connectivity index (χ0v) is 20.0. The summed E-state index contributed by atoms with van der Waals surface area (Å²) < 4.78 is 26.9. The number of nitrogens with zero attached hydrogens (tertiary/aromatic N) is 2. The molecular weight excluding hydrogens is 482 g/mol. The lowest BCUT2D eigenvalue weighted by molar-refractivity contribution is -0.134. The number of anilines is 1. The maximum atomic E-state index is 13.5. The van der Waals surface area contributed by atoms with Crippen molar-refractivity contribution in [3.05, 3.63) is 101 Å². The highest BCUT2D eigenvalue weighted by Crippen LogP contribution is 2.27. The van der Waals surface area contributed by atoms with Crippen molar-refractivity contribution in [3.63, 3.8) is 0 Å². The lowest BCUT2D eigenvalue weighted by Crippen LogP contribution is -2.52. The number of likely N-dealkylation sites (N-methyl/N-ethyl adjacent to an activating group) is 1. The molecule has 0 fully saturated rings. The van der Waals surface area contributed by atoms with Crippen LogP contribution < -0.4 is 15.5 Å². The molecule has 190 valence electrons. The molecule has 3 amide bonds. The average molecular weight is 507 g/mol. The standard InChI is InChI=1S/C27H24F2N4O4/c1-15(30-26(36)23(34)17-12-18(28)14-19(29)13-17)25(35)32-24-27(37)33(2)21-11-7-6-10-20(21)22(31-24)16-8-4-3-5-9-16/h3-15,23-24,34H,1-2H3,(H,30,36)(H,32,35)/t15-,23?,24+/m0/s1. The number of aliphatic imine (C=N–C) groups is 1. The van der Waals surface area contributed by atoms with E-state index in [0.717, 1.165) is 17.7 Å². The molecule has 1 aliphatic heterocycles. The number of aliphatic hydroxyl groups is 1. The first-order chi connectivity index (χ1) is 17.7. The van der Waals surface area contributed by atoms with Crippen molar-refractivity contribution in [2.24, 2.45) is 4.99 Å². The molecule has 8 nitrogen and oxygen atoms in total. The first-order valence-corrected chi connectivity index (χ1v) is 11.4. The largest absolute Gasteiger partial charge is 0.378 e. The van der Waals surface area contributed by atoms with Crippen molar-refractivity contribution in [3.8, 4) is 0 Å². The van der Waals surface area contributed by atoms with Gasteiger partial charge in [-0.05, 0) is 30.7 Å². The molecule has 10 heteroatoms. The Bertz CT molecular complexity index is 1360. The van der Waals surface area contributed by atoms with Gasteiger partial charge in [0.15, 0.2) is 6.10 Å². The van der Waals surface area contributed by atoms with Gasteiger partial charge in [-0.1, -0.05) is 48.5 Å². The number of hydrogen-bond acceptors (Lipinski definition) is 5. The van der Waals surface area contributed by atoms with Crippen molar-refractivity contribution in [2.45, 2.75) is 25.2 Å². The lowest BCUT2D eigenvalue weighted by atomic mass is 10.0. The van der Waals surface area contributed by atoms with Crippen molar-refractivity contribution in [1.82, 2.24) is 10.6 Å². The number of halogens is 2. The number of para-hydroxylation sites is 1. The molecule has 0 saturated carbocycles. The Morgan fingerprint density at radius 2 is 1.59 bits per heavy atom. The molecule has 1 aliphatic rings. The minimum Gasteiger partial charge on any atom is -0.378 e. The third-order valence-corrected chi connectivity index (χ3v) is 5.87. The van der Waals surface area contributed by atoms with E-state index in [0.29, 0.717) is 23.0 Å². The van der Waals surface area contributed by atoms with Crippen molar-refractivity contribution < 1.29 is 28.3 Å². The smallest absolute Gasteiger partial charge is 0.272 e. The van der Waals surface area contributed by atoms with Crippen LogP contribution in [-0.4, -0.2) is 47.8 Å². The molecule has 0 saturated heterocycles. The highest BCUT2D eigenvalue weighted by molar-refractivity contribution is 6.20. The summed E-state index contributed by atoms with van der Waals surface area (Å²) in [4.78, 5) is 44.6. The van der Waals surface area contributed by atoms with Gasteiger partial charge >= 0.3 is 0 Å². The Morgan fingerprint density at radius 1 is 0.973 bits per heavy atom. The van der Waals surface area contributed by atoms with E-state index in [9.17, 15) is 28.3 Å². The summed E-state index contributed by atoms with van der Waals surface area (Å²) in [6.07, 6.45) is -3.22. The van der Waals surface area contributed by atoms with E-state index < -0.39 is 47.7 Å². The Labute approximate surface area is 211 Å². The Morgan fingerprint density at radius 3 is 2.27 bits per heavy atom. The van der Waals surface area contributed by atoms with E-state index in [-0.39, 0.29) is 5.56 Å². The predicted octanol–water partition coefficient (Wildman–Crippen LogP) is 2.46. The third kappa shape index (κ3) is 5.54. The molecule has 3 aromatic rings. The van der Waals surface area contributed by atoms with Gasteiger partial charge in [-0.3, -0.25) is 14.4 Å². The topological polar surface area (TPSA) is 111 Å². The normalized spacial score (nSPS) is 16.7. The maximum absolute atomic E-state index is 13.5. The first-order valence-electron chi connectivity index (χ1n) is 11.4. The molecule has 1 heterocycles. The van der Waals surface area contributed by atoms with Crippen LogP contribution in [0.25, 0.3) is 0 Å². The van der Waals surface area contributed by atoms with E-state index in [2.05, 4.69) is 15.6 Å². The summed E-state index contributed by atoms with van der Waals surface area (Å²) >= 11 is 0. The Balaban J connectivity index is 1.55.